The molecule has 0 aliphatic carbocycles. The first-order valence-electron chi connectivity index (χ1n) is 10.2. The topological polar surface area (TPSA) is 18.5 Å². The molecular weight excluding hydrogens is 296 g/mol. The quantitative estimate of drug-likeness (QED) is 0.298. The molecule has 0 saturated carbocycles. The van der Waals surface area contributed by atoms with Gasteiger partial charge in [0.05, 0.1) is 12.2 Å². The number of hydrogen-bond donors (Lipinski definition) is 0. The highest BCUT2D eigenvalue weighted by atomic mass is 16.5. The van der Waals surface area contributed by atoms with Crippen molar-refractivity contribution in [2.75, 3.05) is 14.2 Å². The minimum Gasteiger partial charge on any atom is -0.381 e. The lowest BCUT2D eigenvalue weighted by atomic mass is 9.81. The molecule has 0 heterocycles. The van der Waals surface area contributed by atoms with Crippen LogP contribution in [0.4, 0.5) is 0 Å². The number of unbranched alkanes of at least 4 members (excludes halogenated alkanes) is 7. The summed E-state index contributed by atoms with van der Waals surface area (Å²) in [6, 6.07) is 0. The second-order valence-corrected chi connectivity index (χ2v) is 9.06. The van der Waals surface area contributed by atoms with E-state index in [0.29, 0.717) is 23.0 Å². The molecule has 0 fully saturated rings. The molecule has 0 bridgehead atoms. The average Bonchev–Trinajstić information content (AvgIpc) is 2.54. The van der Waals surface area contributed by atoms with Crippen LogP contribution in [0.15, 0.2) is 0 Å². The highest BCUT2D eigenvalue weighted by Crippen LogP contribution is 2.30. The lowest BCUT2D eigenvalue weighted by Gasteiger charge is -2.30. The van der Waals surface area contributed by atoms with Gasteiger partial charge in [0.25, 0.3) is 0 Å². The van der Waals surface area contributed by atoms with E-state index < -0.39 is 0 Å². The lowest BCUT2D eigenvalue weighted by molar-refractivity contribution is 0.0146. The summed E-state index contributed by atoms with van der Waals surface area (Å²) in [6.45, 7) is 13.7. The van der Waals surface area contributed by atoms with Crippen molar-refractivity contribution in [1.82, 2.24) is 0 Å². The third-order valence-corrected chi connectivity index (χ3v) is 6.30. The summed E-state index contributed by atoms with van der Waals surface area (Å²) in [4.78, 5) is 0. The molecule has 146 valence electrons. The molecule has 0 aromatic heterocycles. The van der Waals surface area contributed by atoms with Crippen LogP contribution in [0, 0.1) is 10.8 Å². The van der Waals surface area contributed by atoms with Crippen LogP contribution in [0.5, 0.6) is 0 Å². The van der Waals surface area contributed by atoms with Crippen molar-refractivity contribution in [3.05, 3.63) is 0 Å². The smallest absolute Gasteiger partial charge is 0.0594 e. The Labute approximate surface area is 153 Å². The molecule has 0 aromatic rings. The van der Waals surface area contributed by atoms with Gasteiger partial charge in [-0.15, -0.1) is 0 Å². The Kier molecular flexibility index (Phi) is 12.3. The van der Waals surface area contributed by atoms with Crippen molar-refractivity contribution in [2.24, 2.45) is 10.8 Å². The van der Waals surface area contributed by atoms with Crippen LogP contribution in [0.25, 0.3) is 0 Å². The van der Waals surface area contributed by atoms with Gasteiger partial charge in [-0.25, -0.2) is 0 Å². The summed E-state index contributed by atoms with van der Waals surface area (Å²) >= 11 is 0. The molecule has 2 unspecified atom stereocenters. The molecule has 0 spiro atoms. The van der Waals surface area contributed by atoms with Gasteiger partial charge in [0.2, 0.25) is 0 Å². The highest BCUT2D eigenvalue weighted by molar-refractivity contribution is 4.76. The zero-order chi connectivity index (χ0) is 18.6. The van der Waals surface area contributed by atoms with Gasteiger partial charge in [-0.2, -0.15) is 0 Å². The fourth-order valence-electron chi connectivity index (χ4n) is 3.27. The average molecular weight is 343 g/mol. The second-order valence-electron chi connectivity index (χ2n) is 9.06. The molecule has 0 saturated heterocycles. The molecule has 0 aliphatic heterocycles. The predicted molar refractivity (Wildman–Crippen MR) is 107 cm³/mol. The molecule has 2 nitrogen and oxygen atoms in total. The summed E-state index contributed by atoms with van der Waals surface area (Å²) < 4.78 is 11.0. The van der Waals surface area contributed by atoms with Crippen LogP contribution < -0.4 is 0 Å². The van der Waals surface area contributed by atoms with Crippen LogP contribution >= 0.6 is 0 Å². The van der Waals surface area contributed by atoms with E-state index in [1.807, 2.05) is 14.2 Å². The Hall–Kier alpha value is -0.0800. The Morgan fingerprint density at radius 2 is 0.792 bits per heavy atom. The first kappa shape index (κ1) is 23.9. The van der Waals surface area contributed by atoms with Gasteiger partial charge in [-0.3, -0.25) is 0 Å². The maximum atomic E-state index is 5.49. The van der Waals surface area contributed by atoms with E-state index in [4.69, 9.17) is 9.47 Å². The van der Waals surface area contributed by atoms with Gasteiger partial charge in [0.15, 0.2) is 0 Å². The van der Waals surface area contributed by atoms with Gasteiger partial charge >= 0.3 is 0 Å². The molecule has 0 aromatic carbocycles. The van der Waals surface area contributed by atoms with E-state index in [1.54, 1.807) is 0 Å². The first-order chi connectivity index (χ1) is 11.2. The normalized spacial score (nSPS) is 15.5. The molecule has 0 N–H and O–H groups in total. The van der Waals surface area contributed by atoms with Gasteiger partial charge < -0.3 is 9.47 Å². The van der Waals surface area contributed by atoms with E-state index in [1.165, 1.54) is 64.2 Å². The van der Waals surface area contributed by atoms with Crippen molar-refractivity contribution >= 4 is 0 Å². The van der Waals surface area contributed by atoms with E-state index in [0.717, 1.165) is 0 Å². The molecule has 24 heavy (non-hydrogen) atoms. The summed E-state index contributed by atoms with van der Waals surface area (Å²) in [6.07, 6.45) is 14.3. The molecule has 2 atom stereocenters. The second kappa shape index (κ2) is 12.3. The summed E-state index contributed by atoms with van der Waals surface area (Å²) in [5.74, 6) is 0. The Morgan fingerprint density at radius 1 is 0.542 bits per heavy atom. The van der Waals surface area contributed by atoms with Crippen molar-refractivity contribution in [1.29, 1.82) is 0 Å². The van der Waals surface area contributed by atoms with Crippen molar-refractivity contribution in [3.8, 4) is 0 Å². The third-order valence-electron chi connectivity index (χ3n) is 6.30. The summed E-state index contributed by atoms with van der Waals surface area (Å²) in [5, 5.41) is 0. The molecule has 0 aliphatic rings. The summed E-state index contributed by atoms with van der Waals surface area (Å²) in [5.41, 5.74) is 0.613. The van der Waals surface area contributed by atoms with Crippen LogP contribution in [-0.2, 0) is 9.47 Å². The van der Waals surface area contributed by atoms with Crippen LogP contribution in [0.1, 0.15) is 106 Å². The number of ether oxygens (including phenoxy) is 2. The van der Waals surface area contributed by atoms with Gasteiger partial charge in [0, 0.05) is 14.2 Å². The lowest BCUT2D eigenvalue weighted by Crippen LogP contribution is -2.28. The zero-order valence-electron chi connectivity index (χ0n) is 18.0. The molecule has 0 rings (SSSR count). The predicted octanol–water partition coefficient (Wildman–Crippen LogP) is 7.01. The van der Waals surface area contributed by atoms with Gasteiger partial charge in [0.1, 0.15) is 0 Å². The van der Waals surface area contributed by atoms with Crippen LogP contribution in [-0.4, -0.2) is 26.4 Å². The fraction of sp³-hybridized carbons (Fsp3) is 1.00. The first-order valence-corrected chi connectivity index (χ1v) is 10.2. The zero-order valence-corrected chi connectivity index (χ0v) is 18.0. The van der Waals surface area contributed by atoms with Gasteiger partial charge in [-0.1, -0.05) is 79.1 Å². The standard InChI is InChI=1S/C22H46O2/c1-19(23-7)21(3,4)17-15-13-11-9-10-12-14-16-18-22(5,6)20(2)24-8/h19-20H,9-18H2,1-8H3. The van der Waals surface area contributed by atoms with Gasteiger partial charge in [-0.05, 0) is 37.5 Å². The van der Waals surface area contributed by atoms with Crippen LogP contribution in [0.2, 0.25) is 0 Å². The SMILES string of the molecule is COC(C)C(C)(C)CCCCCCCCCCC(C)(C)C(C)OC. The monoisotopic (exact) mass is 342 g/mol. The fourth-order valence-corrected chi connectivity index (χ4v) is 3.27. The van der Waals surface area contributed by atoms with E-state index in [2.05, 4.69) is 41.5 Å². The minimum absolute atomic E-state index is 0.306. The van der Waals surface area contributed by atoms with E-state index >= 15 is 0 Å². The third kappa shape index (κ3) is 10.0. The van der Waals surface area contributed by atoms with Crippen molar-refractivity contribution in [3.63, 3.8) is 0 Å². The maximum absolute atomic E-state index is 5.49. The van der Waals surface area contributed by atoms with E-state index in [9.17, 15) is 0 Å². The van der Waals surface area contributed by atoms with Crippen molar-refractivity contribution < 1.29 is 9.47 Å². The largest absolute Gasteiger partial charge is 0.381 e. The van der Waals surface area contributed by atoms with Crippen LogP contribution in [0.3, 0.4) is 0 Å². The number of methoxy groups -OCH3 is 2. The Morgan fingerprint density at radius 3 is 1.04 bits per heavy atom. The van der Waals surface area contributed by atoms with E-state index in [-0.39, 0.29) is 0 Å². The highest BCUT2D eigenvalue weighted by Gasteiger charge is 2.25. The molecule has 2 heteroatoms. The Bertz CT molecular complexity index is 266. The molecular formula is C22H46O2. The minimum atomic E-state index is 0.306. The summed E-state index contributed by atoms with van der Waals surface area (Å²) in [7, 11) is 3.65. The van der Waals surface area contributed by atoms with Crippen molar-refractivity contribution in [2.45, 2.75) is 118 Å². The Balaban J connectivity index is 3.53. The maximum Gasteiger partial charge on any atom is 0.0594 e. The molecule has 0 amide bonds. The molecule has 0 radical (unpaired) electrons. The number of hydrogen-bond acceptors (Lipinski definition) is 2. The number of rotatable bonds is 15.